The molecule has 0 saturated heterocycles. The molecule has 2 aliphatic carbocycles. The average Bonchev–Trinajstić information content (AvgIpc) is 3.21. The second-order valence-electron chi connectivity index (χ2n) is 6.08. The lowest BCUT2D eigenvalue weighted by molar-refractivity contribution is -0.129. The fraction of sp³-hybridized carbons (Fsp3) is 0.812. The maximum absolute atomic E-state index is 11.6. The van der Waals surface area contributed by atoms with E-state index in [4.69, 9.17) is 0 Å². The first-order chi connectivity index (χ1) is 8.70. The quantitative estimate of drug-likeness (QED) is 0.602. The van der Waals surface area contributed by atoms with Gasteiger partial charge in [-0.25, -0.2) is 0 Å². The lowest BCUT2D eigenvalue weighted by Gasteiger charge is -2.20. The van der Waals surface area contributed by atoms with Crippen molar-refractivity contribution in [2.75, 3.05) is 13.1 Å². The van der Waals surface area contributed by atoms with Crippen LogP contribution in [0.15, 0.2) is 12.2 Å². The number of carbonyl (C=O) groups is 1. The van der Waals surface area contributed by atoms with Gasteiger partial charge in [0.15, 0.2) is 0 Å². The first-order valence-electron chi connectivity index (χ1n) is 7.61. The number of amides is 1. The zero-order valence-electron chi connectivity index (χ0n) is 11.9. The Hall–Kier alpha value is -0.790. The maximum Gasteiger partial charge on any atom is 0.219 e. The summed E-state index contributed by atoms with van der Waals surface area (Å²) in [4.78, 5) is 13.7. The molecule has 2 saturated carbocycles. The van der Waals surface area contributed by atoms with Crippen molar-refractivity contribution in [3.63, 3.8) is 0 Å². The summed E-state index contributed by atoms with van der Waals surface area (Å²) in [6.45, 7) is 5.95. The van der Waals surface area contributed by atoms with Gasteiger partial charge in [-0.15, -0.1) is 0 Å². The van der Waals surface area contributed by atoms with Crippen LogP contribution in [-0.4, -0.2) is 23.9 Å². The minimum absolute atomic E-state index is 0.276. The monoisotopic (exact) mass is 249 g/mol. The van der Waals surface area contributed by atoms with Gasteiger partial charge in [-0.1, -0.05) is 19.1 Å². The molecule has 0 N–H and O–H groups in total. The van der Waals surface area contributed by atoms with Gasteiger partial charge in [0.05, 0.1) is 0 Å². The molecule has 0 radical (unpaired) electrons. The van der Waals surface area contributed by atoms with Crippen LogP contribution in [0.5, 0.6) is 0 Å². The number of hydrogen-bond acceptors (Lipinski definition) is 1. The number of rotatable bonds is 8. The highest BCUT2D eigenvalue weighted by Gasteiger charge is 2.38. The van der Waals surface area contributed by atoms with Gasteiger partial charge in [-0.05, 0) is 56.3 Å². The van der Waals surface area contributed by atoms with Crippen molar-refractivity contribution in [1.82, 2.24) is 4.90 Å². The van der Waals surface area contributed by atoms with E-state index in [1.165, 1.54) is 32.1 Å². The van der Waals surface area contributed by atoms with Crippen molar-refractivity contribution in [2.24, 2.45) is 17.8 Å². The number of nitrogens with zero attached hydrogens (tertiary/aromatic N) is 1. The smallest absolute Gasteiger partial charge is 0.219 e. The minimum atomic E-state index is 0.276. The van der Waals surface area contributed by atoms with E-state index in [0.29, 0.717) is 0 Å². The summed E-state index contributed by atoms with van der Waals surface area (Å²) >= 11 is 0. The molecular weight excluding hydrogens is 222 g/mol. The minimum Gasteiger partial charge on any atom is -0.342 e. The van der Waals surface area contributed by atoms with Gasteiger partial charge in [0.25, 0.3) is 0 Å². The van der Waals surface area contributed by atoms with Crippen LogP contribution < -0.4 is 0 Å². The molecule has 102 valence electrons. The topological polar surface area (TPSA) is 20.3 Å². The molecule has 0 aromatic carbocycles. The van der Waals surface area contributed by atoms with E-state index in [1.54, 1.807) is 6.92 Å². The van der Waals surface area contributed by atoms with Crippen LogP contribution in [0.25, 0.3) is 0 Å². The van der Waals surface area contributed by atoms with E-state index in [2.05, 4.69) is 24.0 Å². The van der Waals surface area contributed by atoms with Gasteiger partial charge in [-0.2, -0.15) is 0 Å². The second kappa shape index (κ2) is 6.40. The van der Waals surface area contributed by atoms with Crippen LogP contribution in [0.4, 0.5) is 0 Å². The average molecular weight is 249 g/mol. The fourth-order valence-electron chi connectivity index (χ4n) is 2.71. The van der Waals surface area contributed by atoms with Crippen LogP contribution in [0, 0.1) is 17.8 Å². The van der Waals surface area contributed by atoms with E-state index < -0.39 is 0 Å². The molecule has 0 spiro atoms. The van der Waals surface area contributed by atoms with Crippen LogP contribution >= 0.6 is 0 Å². The second-order valence-corrected chi connectivity index (χ2v) is 6.08. The summed E-state index contributed by atoms with van der Waals surface area (Å²) in [6, 6.07) is 0. The van der Waals surface area contributed by atoms with Crippen molar-refractivity contribution < 1.29 is 4.79 Å². The Bertz CT molecular complexity index is 306. The summed E-state index contributed by atoms with van der Waals surface area (Å²) in [5, 5.41) is 0. The van der Waals surface area contributed by atoms with Gasteiger partial charge in [-0.3, -0.25) is 4.79 Å². The van der Waals surface area contributed by atoms with Crippen molar-refractivity contribution in [1.29, 1.82) is 0 Å². The van der Waals surface area contributed by atoms with E-state index >= 15 is 0 Å². The molecule has 0 heterocycles. The lowest BCUT2D eigenvalue weighted by atomic mass is 10.1. The lowest BCUT2D eigenvalue weighted by Crippen LogP contribution is -2.33. The predicted octanol–water partition coefficient (Wildman–Crippen LogP) is 3.63. The largest absolute Gasteiger partial charge is 0.342 e. The zero-order valence-corrected chi connectivity index (χ0v) is 11.9. The van der Waals surface area contributed by atoms with E-state index in [0.717, 1.165) is 37.3 Å². The highest BCUT2D eigenvalue weighted by molar-refractivity contribution is 5.73. The third-order valence-electron chi connectivity index (χ3n) is 4.25. The van der Waals surface area contributed by atoms with Gasteiger partial charge in [0.1, 0.15) is 0 Å². The molecule has 0 aromatic heterocycles. The van der Waals surface area contributed by atoms with Crippen molar-refractivity contribution in [2.45, 2.75) is 52.4 Å². The Morgan fingerprint density at radius 2 is 2.00 bits per heavy atom. The first kappa shape index (κ1) is 13.6. The molecule has 2 aliphatic rings. The number of allylic oxidation sites excluding steroid dienone is 2. The Balaban J connectivity index is 1.63. The third-order valence-corrected chi connectivity index (χ3v) is 4.25. The highest BCUT2D eigenvalue weighted by atomic mass is 16.2. The van der Waals surface area contributed by atoms with Crippen molar-refractivity contribution in [3.8, 4) is 0 Å². The van der Waals surface area contributed by atoms with Crippen LogP contribution in [0.1, 0.15) is 52.4 Å². The molecule has 0 aliphatic heterocycles. The molecule has 2 atom stereocenters. The Morgan fingerprint density at radius 1 is 1.22 bits per heavy atom. The summed E-state index contributed by atoms with van der Waals surface area (Å²) < 4.78 is 0. The molecule has 2 nitrogen and oxygen atoms in total. The maximum atomic E-state index is 11.6. The summed E-state index contributed by atoms with van der Waals surface area (Å²) in [5.41, 5.74) is 0. The highest BCUT2D eigenvalue weighted by Crippen LogP contribution is 2.43. The van der Waals surface area contributed by atoms with E-state index in [-0.39, 0.29) is 5.91 Å². The zero-order chi connectivity index (χ0) is 13.0. The Kier molecular flexibility index (Phi) is 4.85. The van der Waals surface area contributed by atoms with Gasteiger partial charge in [0.2, 0.25) is 5.91 Å². The molecule has 1 amide bonds. The van der Waals surface area contributed by atoms with Crippen LogP contribution in [-0.2, 0) is 4.79 Å². The molecular formula is C16H27NO. The predicted molar refractivity (Wildman–Crippen MR) is 75.2 cm³/mol. The summed E-state index contributed by atoms with van der Waals surface area (Å²) in [6.07, 6.45) is 12.3. The standard InChI is InChI=1S/C16H27NO/c1-3-4-5-6-7-15-10-16(15)12-17(13(2)18)11-14-8-9-14/h4-5,14-16H,3,6-12H2,1-2H3/b5-4-. The number of hydrogen-bond donors (Lipinski definition) is 0. The molecule has 2 unspecified atom stereocenters. The normalized spacial score (nSPS) is 26.6. The van der Waals surface area contributed by atoms with E-state index in [1.807, 2.05) is 0 Å². The fourth-order valence-corrected chi connectivity index (χ4v) is 2.71. The van der Waals surface area contributed by atoms with Crippen molar-refractivity contribution in [3.05, 3.63) is 12.2 Å². The molecule has 0 bridgehead atoms. The van der Waals surface area contributed by atoms with Crippen LogP contribution in [0.3, 0.4) is 0 Å². The summed E-state index contributed by atoms with van der Waals surface area (Å²) in [5.74, 6) is 2.77. The van der Waals surface area contributed by atoms with E-state index in [9.17, 15) is 4.79 Å². The van der Waals surface area contributed by atoms with Crippen LogP contribution in [0.2, 0.25) is 0 Å². The molecule has 0 aromatic rings. The molecule has 2 rings (SSSR count). The molecule has 2 fully saturated rings. The van der Waals surface area contributed by atoms with Gasteiger partial charge >= 0.3 is 0 Å². The Labute approximate surface area is 111 Å². The van der Waals surface area contributed by atoms with Gasteiger partial charge in [0, 0.05) is 20.0 Å². The molecule has 2 heteroatoms. The molecule has 18 heavy (non-hydrogen) atoms. The number of carbonyl (C=O) groups excluding carboxylic acids is 1. The SMILES string of the molecule is CC/C=C\CCC1CC1CN(CC1CC1)C(C)=O. The first-order valence-corrected chi connectivity index (χ1v) is 7.61. The van der Waals surface area contributed by atoms with Crippen molar-refractivity contribution >= 4 is 5.91 Å². The Morgan fingerprint density at radius 3 is 2.61 bits per heavy atom. The third kappa shape index (κ3) is 4.47. The summed E-state index contributed by atoms with van der Waals surface area (Å²) in [7, 11) is 0. The van der Waals surface area contributed by atoms with Gasteiger partial charge < -0.3 is 4.90 Å².